The standard InChI is InChI=1S/C28H29BrF5N3O5S/c1-27(2,3)42-26(40)35(4)12-15-20-23(38)37(18-10-7-11-19(41-5)21(18)31)25(39)36(24(20)43-22(15)29)13-14-16(28(32,33)34)8-6-9-17(14)30/h6-11,23,25,38-39H,12-13H2,1-5H3. The molecule has 0 bridgehead atoms. The highest BCUT2D eigenvalue weighted by Crippen LogP contribution is 2.51. The fourth-order valence-corrected chi connectivity index (χ4v) is 6.53. The van der Waals surface area contributed by atoms with E-state index in [-0.39, 0.29) is 28.5 Å². The highest BCUT2D eigenvalue weighted by atomic mass is 79.9. The molecule has 2 N–H and O–H groups in total. The Hall–Kier alpha value is -3.14. The summed E-state index contributed by atoms with van der Waals surface area (Å²) in [5.41, 5.74) is -2.80. The van der Waals surface area contributed by atoms with Gasteiger partial charge < -0.3 is 29.5 Å². The predicted molar refractivity (Wildman–Crippen MR) is 154 cm³/mol. The molecule has 0 aliphatic carbocycles. The van der Waals surface area contributed by atoms with E-state index < -0.39 is 59.8 Å². The number of ether oxygens (including phenoxy) is 2. The first-order valence-corrected chi connectivity index (χ1v) is 14.4. The van der Waals surface area contributed by atoms with E-state index in [0.29, 0.717) is 9.35 Å². The molecule has 2 aromatic carbocycles. The van der Waals surface area contributed by atoms with Crippen molar-refractivity contribution in [2.24, 2.45) is 0 Å². The molecule has 4 rings (SSSR count). The lowest BCUT2D eigenvalue weighted by Gasteiger charge is -2.46. The number of nitrogens with zero attached hydrogens (tertiary/aromatic N) is 3. The van der Waals surface area contributed by atoms with Gasteiger partial charge in [0.2, 0.25) is 6.35 Å². The molecule has 15 heteroatoms. The maximum absolute atomic E-state index is 15.5. The van der Waals surface area contributed by atoms with Crippen LogP contribution in [0.5, 0.6) is 5.75 Å². The first-order chi connectivity index (χ1) is 20.0. The van der Waals surface area contributed by atoms with Gasteiger partial charge in [0, 0.05) is 23.7 Å². The number of carbonyl (C=O) groups is 1. The van der Waals surface area contributed by atoms with Crippen LogP contribution in [0.3, 0.4) is 0 Å². The first kappa shape index (κ1) is 32.8. The maximum Gasteiger partial charge on any atom is 0.416 e. The number of thiophene rings is 1. The third-order valence-corrected chi connectivity index (χ3v) is 8.62. The summed E-state index contributed by atoms with van der Waals surface area (Å²) in [5.74, 6) is -2.36. The van der Waals surface area contributed by atoms with Crippen molar-refractivity contribution in [3.63, 3.8) is 0 Å². The minimum atomic E-state index is -4.92. The van der Waals surface area contributed by atoms with Crippen molar-refractivity contribution in [3.8, 4) is 5.75 Å². The number of hydrogen-bond acceptors (Lipinski definition) is 8. The fraction of sp³-hybridized carbons (Fsp3) is 0.393. The second kappa shape index (κ2) is 12.1. The third kappa shape index (κ3) is 6.54. The number of hydrogen-bond donors (Lipinski definition) is 2. The van der Waals surface area contributed by atoms with Crippen molar-refractivity contribution < 1.29 is 46.4 Å². The molecule has 2 heterocycles. The van der Waals surface area contributed by atoms with Gasteiger partial charge in [0.25, 0.3) is 0 Å². The molecule has 8 nitrogen and oxygen atoms in total. The van der Waals surface area contributed by atoms with Crippen LogP contribution in [0.1, 0.15) is 49.3 Å². The van der Waals surface area contributed by atoms with Crippen LogP contribution in [-0.4, -0.2) is 47.3 Å². The van der Waals surface area contributed by atoms with Crippen LogP contribution in [0, 0.1) is 11.6 Å². The number of anilines is 2. The Morgan fingerprint density at radius 2 is 1.74 bits per heavy atom. The normalized spacial score (nSPS) is 17.1. The minimum absolute atomic E-state index is 0.0599. The van der Waals surface area contributed by atoms with Gasteiger partial charge in [0.05, 0.1) is 35.2 Å². The van der Waals surface area contributed by atoms with Crippen LogP contribution in [0.2, 0.25) is 0 Å². The van der Waals surface area contributed by atoms with E-state index in [1.807, 2.05) is 0 Å². The SMILES string of the molecule is COc1cccc(N2C(O)c3c(sc(Br)c3CN(C)C(=O)OC(C)(C)C)N(Cc3c(F)cccc3C(F)(F)F)C2O)c1F. The third-order valence-electron chi connectivity index (χ3n) is 6.58. The summed E-state index contributed by atoms with van der Waals surface area (Å²) in [4.78, 5) is 15.8. The average molecular weight is 695 g/mol. The molecule has 0 spiro atoms. The predicted octanol–water partition coefficient (Wildman–Crippen LogP) is 6.98. The molecule has 234 valence electrons. The van der Waals surface area contributed by atoms with Crippen LogP contribution in [0.25, 0.3) is 0 Å². The number of aliphatic hydroxyl groups excluding tert-OH is 2. The number of fused-ring (bicyclic) bond motifs is 1. The molecule has 1 amide bonds. The van der Waals surface area contributed by atoms with Crippen LogP contribution in [0.15, 0.2) is 40.2 Å². The summed E-state index contributed by atoms with van der Waals surface area (Å²) in [6.07, 6.45) is -9.34. The lowest BCUT2D eigenvalue weighted by Crippen LogP contribution is -2.54. The molecule has 3 aromatic rings. The monoisotopic (exact) mass is 693 g/mol. The number of halogens is 6. The second-order valence-corrected chi connectivity index (χ2v) is 13.0. The molecule has 0 saturated heterocycles. The van der Waals surface area contributed by atoms with Gasteiger partial charge in [-0.3, -0.25) is 4.90 Å². The van der Waals surface area contributed by atoms with Gasteiger partial charge in [0.1, 0.15) is 16.4 Å². The summed E-state index contributed by atoms with van der Waals surface area (Å²) < 4.78 is 83.0. The zero-order chi connectivity index (χ0) is 32.0. The van der Waals surface area contributed by atoms with E-state index in [1.54, 1.807) is 20.8 Å². The van der Waals surface area contributed by atoms with Gasteiger partial charge in [-0.2, -0.15) is 13.2 Å². The van der Waals surface area contributed by atoms with Crippen LogP contribution < -0.4 is 14.5 Å². The number of alkyl halides is 3. The molecule has 2 unspecified atom stereocenters. The lowest BCUT2D eigenvalue weighted by atomic mass is 10.0. The van der Waals surface area contributed by atoms with Gasteiger partial charge in [-0.15, -0.1) is 11.3 Å². The molecule has 1 aliphatic rings. The Kier molecular flexibility index (Phi) is 9.22. The number of benzene rings is 2. The van der Waals surface area contributed by atoms with E-state index in [4.69, 9.17) is 9.47 Å². The number of carbonyl (C=O) groups excluding carboxylic acids is 1. The molecule has 0 saturated carbocycles. The Morgan fingerprint density at radius 1 is 1.09 bits per heavy atom. The zero-order valence-electron chi connectivity index (χ0n) is 23.7. The number of methoxy groups -OCH3 is 1. The molecule has 0 radical (unpaired) electrons. The molecule has 43 heavy (non-hydrogen) atoms. The van der Waals surface area contributed by atoms with Crippen LogP contribution >= 0.6 is 27.3 Å². The summed E-state index contributed by atoms with van der Waals surface area (Å²) in [6, 6.07) is 6.45. The lowest BCUT2D eigenvalue weighted by molar-refractivity contribution is -0.138. The molecule has 0 fully saturated rings. The summed E-state index contributed by atoms with van der Waals surface area (Å²) in [6.45, 7) is 4.09. The Morgan fingerprint density at radius 3 is 2.35 bits per heavy atom. The molecule has 1 aromatic heterocycles. The van der Waals surface area contributed by atoms with E-state index in [1.165, 1.54) is 37.3 Å². The van der Waals surface area contributed by atoms with E-state index in [2.05, 4.69) is 15.9 Å². The summed E-state index contributed by atoms with van der Waals surface area (Å²) in [7, 11) is 2.66. The highest BCUT2D eigenvalue weighted by molar-refractivity contribution is 9.11. The summed E-state index contributed by atoms with van der Waals surface area (Å²) >= 11 is 4.35. The van der Waals surface area contributed by atoms with Crippen molar-refractivity contribution in [1.29, 1.82) is 0 Å². The fourth-order valence-electron chi connectivity index (χ4n) is 4.65. The molecular formula is C28H29BrF5N3O5S. The van der Waals surface area contributed by atoms with Crippen molar-refractivity contribution in [3.05, 3.63) is 74.1 Å². The second-order valence-electron chi connectivity index (χ2n) is 10.7. The topological polar surface area (TPSA) is 85.7 Å². The molecular weight excluding hydrogens is 665 g/mol. The maximum atomic E-state index is 15.5. The Bertz CT molecular complexity index is 1510. The Labute approximate surface area is 257 Å². The van der Waals surface area contributed by atoms with Gasteiger partial charge >= 0.3 is 12.3 Å². The van der Waals surface area contributed by atoms with Gasteiger partial charge in [0.15, 0.2) is 17.8 Å². The number of aliphatic hydroxyl groups is 2. The largest absolute Gasteiger partial charge is 0.494 e. The minimum Gasteiger partial charge on any atom is -0.494 e. The van der Waals surface area contributed by atoms with E-state index in [0.717, 1.165) is 39.3 Å². The number of amides is 1. The van der Waals surface area contributed by atoms with Gasteiger partial charge in [-0.1, -0.05) is 12.1 Å². The average Bonchev–Trinajstić information content (AvgIpc) is 3.22. The molecule has 1 aliphatic heterocycles. The summed E-state index contributed by atoms with van der Waals surface area (Å²) in [5, 5.41) is 23.2. The number of rotatable bonds is 6. The van der Waals surface area contributed by atoms with Crippen molar-refractivity contribution in [2.75, 3.05) is 24.0 Å². The molecule has 2 atom stereocenters. The van der Waals surface area contributed by atoms with Crippen LogP contribution in [-0.2, 0) is 24.0 Å². The van der Waals surface area contributed by atoms with Crippen molar-refractivity contribution in [2.45, 2.75) is 58.2 Å². The van der Waals surface area contributed by atoms with Crippen molar-refractivity contribution in [1.82, 2.24) is 4.90 Å². The Balaban J connectivity index is 1.89. The smallest absolute Gasteiger partial charge is 0.416 e. The van der Waals surface area contributed by atoms with Gasteiger partial charge in [-0.25, -0.2) is 13.6 Å². The van der Waals surface area contributed by atoms with E-state index in [9.17, 15) is 32.6 Å². The highest BCUT2D eigenvalue weighted by Gasteiger charge is 2.44. The van der Waals surface area contributed by atoms with Crippen molar-refractivity contribution >= 4 is 44.0 Å². The van der Waals surface area contributed by atoms with Gasteiger partial charge in [-0.05, 0) is 61.0 Å². The first-order valence-electron chi connectivity index (χ1n) is 12.8. The zero-order valence-corrected chi connectivity index (χ0v) is 26.1. The van der Waals surface area contributed by atoms with E-state index >= 15 is 4.39 Å². The van der Waals surface area contributed by atoms with Crippen LogP contribution in [0.4, 0.5) is 37.4 Å². The quantitative estimate of drug-likeness (QED) is 0.270.